The zero-order valence-electron chi connectivity index (χ0n) is 11.5. The van der Waals surface area contributed by atoms with E-state index in [0.29, 0.717) is 0 Å². The van der Waals surface area contributed by atoms with Gasteiger partial charge in [-0.15, -0.1) is 0 Å². The molecule has 102 valence electrons. The van der Waals surface area contributed by atoms with E-state index < -0.39 is 0 Å². The Balaban J connectivity index is 1.89. The Morgan fingerprint density at radius 2 is 1.95 bits per heavy atom. The van der Waals surface area contributed by atoms with E-state index in [1.807, 2.05) is 37.3 Å². The Labute approximate surface area is 121 Å². The van der Waals surface area contributed by atoms with Gasteiger partial charge in [0.2, 0.25) is 0 Å². The van der Waals surface area contributed by atoms with Crippen LogP contribution in [0.15, 0.2) is 54.9 Å². The fourth-order valence-electron chi connectivity index (χ4n) is 2.47. The van der Waals surface area contributed by atoms with Crippen molar-refractivity contribution < 1.29 is 0 Å². The molecule has 5 nitrogen and oxygen atoms in total. The summed E-state index contributed by atoms with van der Waals surface area (Å²) in [7, 11) is 0. The minimum atomic E-state index is 0.825. The van der Waals surface area contributed by atoms with Gasteiger partial charge in [0.25, 0.3) is 0 Å². The lowest BCUT2D eigenvalue weighted by Gasteiger charge is -2.11. The van der Waals surface area contributed by atoms with Crippen molar-refractivity contribution in [2.75, 3.05) is 5.32 Å². The lowest BCUT2D eigenvalue weighted by atomic mass is 10.2. The number of hydrogen-bond acceptors (Lipinski definition) is 4. The smallest absolute Gasteiger partial charge is 0.157 e. The highest BCUT2D eigenvalue weighted by atomic mass is 15.3. The molecule has 0 saturated heterocycles. The molecule has 0 bridgehead atoms. The van der Waals surface area contributed by atoms with Crippen LogP contribution in [0, 0.1) is 6.92 Å². The molecule has 5 heteroatoms. The second-order valence-electron chi connectivity index (χ2n) is 4.89. The number of hydrogen-bond donors (Lipinski definition) is 1. The molecule has 4 rings (SSSR count). The Hall–Kier alpha value is -2.95. The number of para-hydroxylation sites is 1. The molecule has 0 saturated carbocycles. The van der Waals surface area contributed by atoms with Gasteiger partial charge < -0.3 is 5.32 Å². The molecular weight excluding hydrogens is 262 g/mol. The quantitative estimate of drug-likeness (QED) is 0.609. The second-order valence-corrected chi connectivity index (χ2v) is 4.89. The zero-order valence-corrected chi connectivity index (χ0v) is 11.5. The van der Waals surface area contributed by atoms with E-state index in [9.17, 15) is 0 Å². The first-order chi connectivity index (χ1) is 10.3. The average molecular weight is 275 g/mol. The number of rotatable bonds is 2. The van der Waals surface area contributed by atoms with Crippen LogP contribution < -0.4 is 5.32 Å². The summed E-state index contributed by atoms with van der Waals surface area (Å²) in [4.78, 5) is 8.90. The molecule has 0 aliphatic rings. The third-order valence-corrected chi connectivity index (χ3v) is 3.38. The molecule has 0 aliphatic heterocycles. The molecule has 0 aliphatic carbocycles. The number of aromatic nitrogens is 4. The number of pyridine rings is 1. The molecule has 1 aromatic carbocycles. The average Bonchev–Trinajstić information content (AvgIpc) is 2.96. The van der Waals surface area contributed by atoms with Crippen LogP contribution in [0.1, 0.15) is 5.69 Å². The number of nitrogens with one attached hydrogen (secondary N) is 1. The van der Waals surface area contributed by atoms with Crippen LogP contribution in [-0.2, 0) is 0 Å². The lowest BCUT2D eigenvalue weighted by Crippen LogP contribution is -2.02. The monoisotopic (exact) mass is 275 g/mol. The van der Waals surface area contributed by atoms with E-state index in [1.165, 1.54) is 0 Å². The highest BCUT2D eigenvalue weighted by Crippen LogP contribution is 2.24. The van der Waals surface area contributed by atoms with Crippen LogP contribution in [0.3, 0.4) is 0 Å². The van der Waals surface area contributed by atoms with E-state index in [2.05, 4.69) is 32.5 Å². The Morgan fingerprint density at radius 3 is 2.90 bits per heavy atom. The summed E-state index contributed by atoms with van der Waals surface area (Å²) in [5, 5.41) is 8.82. The molecule has 0 spiro atoms. The highest BCUT2D eigenvalue weighted by Gasteiger charge is 2.07. The lowest BCUT2D eigenvalue weighted by molar-refractivity contribution is 0.938. The van der Waals surface area contributed by atoms with Crippen molar-refractivity contribution >= 4 is 28.1 Å². The minimum absolute atomic E-state index is 0.825. The summed E-state index contributed by atoms with van der Waals surface area (Å²) in [6, 6.07) is 13.9. The van der Waals surface area contributed by atoms with Crippen LogP contribution in [-0.4, -0.2) is 19.6 Å². The number of aryl methyl sites for hydroxylation is 1. The highest BCUT2D eigenvalue weighted by molar-refractivity contribution is 5.91. The van der Waals surface area contributed by atoms with Gasteiger partial charge in [0.05, 0.1) is 17.4 Å². The second kappa shape index (κ2) is 4.56. The summed E-state index contributed by atoms with van der Waals surface area (Å²) in [5.74, 6) is 0.876. The topological polar surface area (TPSA) is 55.1 Å². The minimum Gasteiger partial charge on any atom is -0.338 e. The predicted octanol–water partition coefficient (Wildman–Crippen LogP) is 3.33. The number of fused-ring (bicyclic) bond motifs is 2. The van der Waals surface area contributed by atoms with Gasteiger partial charge in [0, 0.05) is 29.4 Å². The van der Waals surface area contributed by atoms with Gasteiger partial charge in [-0.2, -0.15) is 9.61 Å². The third kappa shape index (κ3) is 1.99. The van der Waals surface area contributed by atoms with Gasteiger partial charge >= 0.3 is 0 Å². The Kier molecular flexibility index (Phi) is 2.57. The molecule has 4 aromatic rings. The number of benzene rings is 1. The SMILES string of the molecule is Cc1cc(Nc2cccc3cccnc23)n2nccc2n1. The van der Waals surface area contributed by atoms with Crippen LogP contribution in [0.4, 0.5) is 11.5 Å². The molecule has 1 N–H and O–H groups in total. The van der Waals surface area contributed by atoms with Crippen molar-refractivity contribution in [1.29, 1.82) is 0 Å². The van der Waals surface area contributed by atoms with Crippen molar-refractivity contribution in [2.24, 2.45) is 0 Å². The fraction of sp³-hybridized carbons (Fsp3) is 0.0625. The van der Waals surface area contributed by atoms with Crippen LogP contribution in [0.2, 0.25) is 0 Å². The van der Waals surface area contributed by atoms with Crippen LogP contribution >= 0.6 is 0 Å². The maximum absolute atomic E-state index is 4.46. The van der Waals surface area contributed by atoms with Gasteiger partial charge in [-0.1, -0.05) is 18.2 Å². The molecule has 3 aromatic heterocycles. The van der Waals surface area contributed by atoms with Crippen molar-refractivity contribution in [1.82, 2.24) is 19.6 Å². The molecule has 0 unspecified atom stereocenters. The first kappa shape index (κ1) is 11.8. The first-order valence-electron chi connectivity index (χ1n) is 6.73. The van der Waals surface area contributed by atoms with Crippen molar-refractivity contribution in [2.45, 2.75) is 6.92 Å². The first-order valence-corrected chi connectivity index (χ1v) is 6.73. The van der Waals surface area contributed by atoms with Crippen molar-refractivity contribution in [3.05, 3.63) is 60.6 Å². The normalized spacial score (nSPS) is 11.1. The van der Waals surface area contributed by atoms with E-state index in [1.54, 1.807) is 16.9 Å². The van der Waals surface area contributed by atoms with Crippen LogP contribution in [0.25, 0.3) is 16.6 Å². The summed E-state index contributed by atoms with van der Waals surface area (Å²) in [6.45, 7) is 1.97. The summed E-state index contributed by atoms with van der Waals surface area (Å²) in [5.41, 5.74) is 3.66. The van der Waals surface area contributed by atoms with Gasteiger partial charge in [-0.25, -0.2) is 4.98 Å². The van der Waals surface area contributed by atoms with Gasteiger partial charge in [0.15, 0.2) is 5.65 Å². The third-order valence-electron chi connectivity index (χ3n) is 3.38. The molecule has 21 heavy (non-hydrogen) atoms. The van der Waals surface area contributed by atoms with E-state index in [0.717, 1.165) is 33.7 Å². The molecule has 0 fully saturated rings. The summed E-state index contributed by atoms with van der Waals surface area (Å²) < 4.78 is 1.79. The Bertz CT molecular complexity index is 936. The van der Waals surface area contributed by atoms with Crippen molar-refractivity contribution in [3.8, 4) is 0 Å². The van der Waals surface area contributed by atoms with E-state index >= 15 is 0 Å². The summed E-state index contributed by atoms with van der Waals surface area (Å²) in [6.07, 6.45) is 3.54. The Morgan fingerprint density at radius 1 is 1.05 bits per heavy atom. The zero-order chi connectivity index (χ0) is 14.2. The van der Waals surface area contributed by atoms with Crippen LogP contribution in [0.5, 0.6) is 0 Å². The van der Waals surface area contributed by atoms with Gasteiger partial charge in [0.1, 0.15) is 5.82 Å². The maximum atomic E-state index is 4.46. The predicted molar refractivity (Wildman–Crippen MR) is 82.7 cm³/mol. The molecule has 0 amide bonds. The largest absolute Gasteiger partial charge is 0.338 e. The molecule has 3 heterocycles. The number of anilines is 2. The molecule has 0 atom stereocenters. The number of nitrogens with zero attached hydrogens (tertiary/aromatic N) is 4. The van der Waals surface area contributed by atoms with E-state index in [4.69, 9.17) is 0 Å². The van der Waals surface area contributed by atoms with Crippen molar-refractivity contribution in [3.63, 3.8) is 0 Å². The van der Waals surface area contributed by atoms with Gasteiger partial charge in [-0.05, 0) is 19.1 Å². The van der Waals surface area contributed by atoms with Gasteiger partial charge in [-0.3, -0.25) is 4.98 Å². The molecule has 0 radical (unpaired) electrons. The standard InChI is InChI=1S/C16H13N5/c1-11-10-15(21-14(19-11)7-9-18-21)20-13-6-2-4-12-5-3-8-17-16(12)13/h2-10,20H,1H3. The fourth-order valence-corrected chi connectivity index (χ4v) is 2.47. The maximum Gasteiger partial charge on any atom is 0.157 e. The molecular formula is C16H13N5. The van der Waals surface area contributed by atoms with E-state index in [-0.39, 0.29) is 0 Å². The summed E-state index contributed by atoms with van der Waals surface area (Å²) >= 11 is 0.